The predicted molar refractivity (Wildman–Crippen MR) is 104 cm³/mol. The maximum absolute atomic E-state index is 10.1. The molecule has 1 atom stereocenters. The monoisotopic (exact) mass is 346 g/mol. The Hall–Kier alpha value is -2.84. The number of aryl methyl sites for hydroxylation is 2. The number of fused-ring (bicyclic) bond motifs is 5. The van der Waals surface area contributed by atoms with Crippen LogP contribution in [0.1, 0.15) is 43.5 Å². The zero-order valence-electron chi connectivity index (χ0n) is 15.1. The van der Waals surface area contributed by atoms with Crippen LogP contribution >= 0.6 is 0 Å². The van der Waals surface area contributed by atoms with E-state index in [4.69, 9.17) is 5.73 Å². The minimum atomic E-state index is -0.974. The molecule has 4 rings (SSSR count). The van der Waals surface area contributed by atoms with E-state index in [0.717, 1.165) is 52.5 Å². The lowest BCUT2D eigenvalue weighted by Gasteiger charge is -2.11. The predicted octanol–water partition coefficient (Wildman–Crippen LogP) is 3.21. The van der Waals surface area contributed by atoms with Gasteiger partial charge in [-0.05, 0) is 56.4 Å². The largest absolute Gasteiger partial charge is 0.378 e. The molecule has 0 unspecified atom stereocenters. The molecule has 2 aromatic heterocycles. The van der Waals surface area contributed by atoms with Crippen molar-refractivity contribution in [3.8, 4) is 23.1 Å². The van der Waals surface area contributed by atoms with Gasteiger partial charge in [-0.2, -0.15) is 0 Å². The van der Waals surface area contributed by atoms with Crippen LogP contribution in [0.5, 0.6) is 0 Å². The van der Waals surface area contributed by atoms with Gasteiger partial charge in [-0.3, -0.25) is 0 Å². The molecule has 4 N–H and O–H groups in total. The van der Waals surface area contributed by atoms with Crippen molar-refractivity contribution in [2.75, 3.05) is 5.73 Å². The van der Waals surface area contributed by atoms with E-state index in [0.29, 0.717) is 12.4 Å². The second-order valence-corrected chi connectivity index (χ2v) is 7.07. The topological polar surface area (TPSA) is 87.8 Å². The first-order valence-electron chi connectivity index (χ1n) is 8.99. The van der Waals surface area contributed by atoms with Crippen LogP contribution in [0.25, 0.3) is 22.2 Å². The number of hydrogen-bond donors (Lipinski definition) is 3. The number of aromatic nitrogens is 3. The second kappa shape index (κ2) is 6.15. The van der Waals surface area contributed by atoms with Crippen LogP contribution in [0.3, 0.4) is 0 Å². The van der Waals surface area contributed by atoms with Crippen molar-refractivity contribution in [1.82, 2.24) is 15.0 Å². The van der Waals surface area contributed by atoms with E-state index in [1.165, 1.54) is 5.69 Å². The Morgan fingerprint density at radius 1 is 1.35 bits per heavy atom. The maximum atomic E-state index is 10.1. The summed E-state index contributed by atoms with van der Waals surface area (Å²) in [4.78, 5) is 12.2. The Kier molecular flexibility index (Phi) is 3.93. The van der Waals surface area contributed by atoms with Gasteiger partial charge in [-0.25, -0.2) is 9.97 Å². The number of nitrogens with two attached hydrogens (primary N) is 1. The van der Waals surface area contributed by atoms with E-state index >= 15 is 0 Å². The molecule has 2 heterocycles. The molecular formula is C21H22N4O. The van der Waals surface area contributed by atoms with Gasteiger partial charge in [-0.15, -0.1) is 0 Å². The van der Waals surface area contributed by atoms with Gasteiger partial charge < -0.3 is 15.8 Å². The normalized spacial score (nSPS) is 15.3. The van der Waals surface area contributed by atoms with Crippen LogP contribution in [0.4, 0.5) is 5.95 Å². The van der Waals surface area contributed by atoms with Gasteiger partial charge in [0.15, 0.2) is 0 Å². The molecule has 0 amide bonds. The highest BCUT2D eigenvalue weighted by atomic mass is 16.3. The van der Waals surface area contributed by atoms with Crippen LogP contribution in [0.15, 0.2) is 24.4 Å². The van der Waals surface area contributed by atoms with Crippen LogP contribution < -0.4 is 5.73 Å². The van der Waals surface area contributed by atoms with Gasteiger partial charge in [0.1, 0.15) is 5.60 Å². The van der Waals surface area contributed by atoms with Gasteiger partial charge in [0.2, 0.25) is 5.95 Å². The van der Waals surface area contributed by atoms with Crippen molar-refractivity contribution in [1.29, 1.82) is 0 Å². The fraction of sp³-hybridized carbons (Fsp3) is 0.333. The third kappa shape index (κ3) is 2.93. The first kappa shape index (κ1) is 16.6. The maximum Gasteiger partial charge on any atom is 0.220 e. The minimum absolute atomic E-state index is 0.292. The second-order valence-electron chi connectivity index (χ2n) is 7.07. The lowest BCUT2D eigenvalue weighted by atomic mass is 10.0. The highest BCUT2D eigenvalue weighted by Crippen LogP contribution is 2.37. The smallest absolute Gasteiger partial charge is 0.220 e. The molecule has 0 fully saturated rings. The van der Waals surface area contributed by atoms with Crippen molar-refractivity contribution in [2.24, 2.45) is 0 Å². The molecule has 1 aromatic carbocycles. The summed E-state index contributed by atoms with van der Waals surface area (Å²) in [5, 5.41) is 11.2. The first-order chi connectivity index (χ1) is 12.5. The molecule has 1 aliphatic carbocycles. The fourth-order valence-electron chi connectivity index (χ4n) is 3.35. The zero-order chi connectivity index (χ0) is 18.3. The zero-order valence-corrected chi connectivity index (χ0v) is 15.1. The van der Waals surface area contributed by atoms with Crippen molar-refractivity contribution in [3.63, 3.8) is 0 Å². The summed E-state index contributed by atoms with van der Waals surface area (Å²) < 4.78 is 0. The van der Waals surface area contributed by atoms with Crippen LogP contribution in [-0.4, -0.2) is 25.7 Å². The molecule has 132 valence electrons. The SMILES string of the molecule is CC[C@](C)(O)C#Cc1ccc2[nH]c3c(c2c1)-c1nc(N)ncc1CCC3. The van der Waals surface area contributed by atoms with E-state index in [9.17, 15) is 5.11 Å². The number of hydrogen-bond acceptors (Lipinski definition) is 4. The third-order valence-electron chi connectivity index (χ3n) is 5.03. The molecule has 0 radical (unpaired) electrons. The van der Waals surface area contributed by atoms with Crippen LogP contribution in [-0.2, 0) is 12.8 Å². The first-order valence-corrected chi connectivity index (χ1v) is 8.99. The Balaban J connectivity index is 1.91. The highest BCUT2D eigenvalue weighted by Gasteiger charge is 2.21. The number of H-pyrrole nitrogens is 1. The minimum Gasteiger partial charge on any atom is -0.378 e. The fourth-order valence-corrected chi connectivity index (χ4v) is 3.35. The molecule has 3 aromatic rings. The molecule has 0 saturated heterocycles. The quantitative estimate of drug-likeness (QED) is 0.590. The Bertz CT molecular complexity index is 1050. The van der Waals surface area contributed by atoms with Gasteiger partial charge in [0.25, 0.3) is 0 Å². The summed E-state index contributed by atoms with van der Waals surface area (Å²) >= 11 is 0. The Morgan fingerprint density at radius 2 is 2.19 bits per heavy atom. The molecule has 5 nitrogen and oxygen atoms in total. The van der Waals surface area contributed by atoms with Gasteiger partial charge in [0.05, 0.1) is 5.69 Å². The molecule has 5 heteroatoms. The number of nitrogens with one attached hydrogen (secondary N) is 1. The van der Waals surface area contributed by atoms with E-state index < -0.39 is 5.60 Å². The van der Waals surface area contributed by atoms with Gasteiger partial charge in [-0.1, -0.05) is 18.8 Å². The summed E-state index contributed by atoms with van der Waals surface area (Å²) in [7, 11) is 0. The van der Waals surface area contributed by atoms with E-state index in [2.05, 4.69) is 32.9 Å². The lowest BCUT2D eigenvalue weighted by Crippen LogP contribution is -2.19. The summed E-state index contributed by atoms with van der Waals surface area (Å²) in [5.41, 5.74) is 11.2. The number of rotatable bonds is 1. The average molecular weight is 346 g/mol. The van der Waals surface area contributed by atoms with Crippen molar-refractivity contribution < 1.29 is 5.11 Å². The molecule has 0 aliphatic heterocycles. The highest BCUT2D eigenvalue weighted by molar-refractivity contribution is 5.98. The van der Waals surface area contributed by atoms with Gasteiger partial charge in [0, 0.05) is 33.9 Å². The van der Waals surface area contributed by atoms with Crippen LogP contribution in [0, 0.1) is 11.8 Å². The van der Waals surface area contributed by atoms with Crippen molar-refractivity contribution in [2.45, 2.75) is 45.1 Å². The number of aliphatic hydroxyl groups is 1. The molecule has 0 bridgehead atoms. The molecule has 0 spiro atoms. The number of nitrogen functional groups attached to an aromatic ring is 1. The summed E-state index contributed by atoms with van der Waals surface area (Å²) in [6, 6.07) is 6.09. The summed E-state index contributed by atoms with van der Waals surface area (Å²) in [6.45, 7) is 3.65. The lowest BCUT2D eigenvalue weighted by molar-refractivity contribution is 0.118. The number of anilines is 1. The standard InChI is InChI=1S/C21H22N4O/c1-3-21(2,26)10-9-13-7-8-16-15(11-13)18-17(24-16)6-4-5-14-12-23-20(22)25-19(14)18/h7-8,11-12,24,26H,3-6H2,1-2H3,(H2,22,23,25)/t21-/m0/s1. The summed E-state index contributed by atoms with van der Waals surface area (Å²) in [6.07, 6.45) is 5.38. The Morgan fingerprint density at radius 3 is 3.00 bits per heavy atom. The van der Waals surface area contributed by atoms with Crippen molar-refractivity contribution >= 4 is 16.9 Å². The van der Waals surface area contributed by atoms with E-state index in [1.54, 1.807) is 6.92 Å². The van der Waals surface area contributed by atoms with Crippen molar-refractivity contribution in [3.05, 3.63) is 41.2 Å². The number of benzene rings is 1. The summed E-state index contributed by atoms with van der Waals surface area (Å²) in [5.74, 6) is 6.35. The third-order valence-corrected chi connectivity index (χ3v) is 5.03. The molecule has 0 saturated carbocycles. The number of nitrogens with zero attached hydrogens (tertiary/aromatic N) is 2. The molecular weight excluding hydrogens is 324 g/mol. The Labute approximate surface area is 152 Å². The average Bonchev–Trinajstić information content (AvgIpc) is 2.89. The van der Waals surface area contributed by atoms with E-state index in [-0.39, 0.29) is 0 Å². The molecule has 1 aliphatic rings. The van der Waals surface area contributed by atoms with Crippen LogP contribution in [0.2, 0.25) is 0 Å². The van der Waals surface area contributed by atoms with E-state index in [1.807, 2.05) is 25.3 Å². The molecule has 26 heavy (non-hydrogen) atoms. The van der Waals surface area contributed by atoms with Gasteiger partial charge >= 0.3 is 0 Å². The number of aromatic amines is 1.